The maximum absolute atomic E-state index is 12.5. The molecule has 28 heavy (non-hydrogen) atoms. The maximum atomic E-state index is 12.5. The van der Waals surface area contributed by atoms with Gasteiger partial charge in [0.1, 0.15) is 0 Å². The molecule has 1 N–H and O–H groups in total. The van der Waals surface area contributed by atoms with Crippen LogP contribution >= 0.6 is 0 Å². The molecule has 0 saturated carbocycles. The first-order chi connectivity index (χ1) is 13.5. The molecule has 2 aliphatic rings. The molecule has 0 aromatic heterocycles. The number of amides is 1. The lowest BCUT2D eigenvalue weighted by atomic mass is 10.00. The van der Waals surface area contributed by atoms with E-state index >= 15 is 0 Å². The first-order valence-electron chi connectivity index (χ1n) is 10.4. The predicted octanol–water partition coefficient (Wildman–Crippen LogP) is 2.54. The van der Waals surface area contributed by atoms with Gasteiger partial charge in [-0.05, 0) is 55.8 Å². The molecule has 1 amide bonds. The first-order valence-corrected chi connectivity index (χ1v) is 10.4. The van der Waals surface area contributed by atoms with Crippen LogP contribution in [-0.2, 0) is 22.4 Å². The smallest absolute Gasteiger partial charge is 0.317 e. The highest BCUT2D eigenvalue weighted by molar-refractivity contribution is 5.98. The molecule has 6 nitrogen and oxygen atoms in total. The summed E-state index contributed by atoms with van der Waals surface area (Å²) in [5.74, 6) is -0.754. The van der Waals surface area contributed by atoms with Gasteiger partial charge >= 0.3 is 5.97 Å². The molecule has 152 valence electrons. The Morgan fingerprint density at radius 2 is 1.82 bits per heavy atom. The van der Waals surface area contributed by atoms with Gasteiger partial charge in [0.05, 0.1) is 6.54 Å². The van der Waals surface area contributed by atoms with Crippen LogP contribution in [-0.4, -0.2) is 64.8 Å². The third-order valence-corrected chi connectivity index (χ3v) is 6.06. The maximum Gasteiger partial charge on any atom is 0.317 e. The van der Waals surface area contributed by atoms with Crippen LogP contribution in [0.5, 0.6) is 0 Å². The van der Waals surface area contributed by atoms with Gasteiger partial charge in [0.25, 0.3) is 0 Å². The summed E-state index contributed by atoms with van der Waals surface area (Å²) in [4.78, 5) is 39.7. The van der Waals surface area contributed by atoms with Gasteiger partial charge in [-0.1, -0.05) is 19.1 Å². The Morgan fingerprint density at radius 1 is 1.11 bits per heavy atom. The number of carbonyl (C=O) groups is 3. The second-order valence-corrected chi connectivity index (χ2v) is 7.83. The minimum Gasteiger partial charge on any atom is -0.480 e. The molecule has 1 saturated heterocycles. The van der Waals surface area contributed by atoms with Gasteiger partial charge in [0, 0.05) is 37.5 Å². The monoisotopic (exact) mass is 386 g/mol. The highest BCUT2D eigenvalue weighted by Crippen LogP contribution is 2.24. The summed E-state index contributed by atoms with van der Waals surface area (Å²) in [5, 5.41) is 9.02. The SMILES string of the molecule is CCN(CC(=O)O)C1CCN(C(=O)CCC(=O)c2ccc3c(c2)CCC3)CC1. The Hall–Kier alpha value is -2.21. The average Bonchev–Trinajstić information content (AvgIpc) is 3.17. The zero-order valence-electron chi connectivity index (χ0n) is 16.7. The fourth-order valence-corrected chi connectivity index (χ4v) is 4.42. The largest absolute Gasteiger partial charge is 0.480 e. The van der Waals surface area contributed by atoms with E-state index in [-0.39, 0.29) is 37.1 Å². The van der Waals surface area contributed by atoms with E-state index in [1.165, 1.54) is 11.1 Å². The topological polar surface area (TPSA) is 77.9 Å². The summed E-state index contributed by atoms with van der Waals surface area (Å²) < 4.78 is 0. The lowest BCUT2D eigenvalue weighted by Gasteiger charge is -2.37. The van der Waals surface area contributed by atoms with E-state index in [4.69, 9.17) is 5.11 Å². The number of Topliss-reactive ketones (excluding diaryl/α,β-unsaturated/α-hetero) is 1. The van der Waals surface area contributed by atoms with Crippen molar-refractivity contribution in [3.63, 3.8) is 0 Å². The van der Waals surface area contributed by atoms with E-state index in [2.05, 4.69) is 6.07 Å². The number of nitrogens with zero attached hydrogens (tertiary/aromatic N) is 2. The molecule has 6 heteroatoms. The van der Waals surface area contributed by atoms with Gasteiger partial charge in [-0.2, -0.15) is 0 Å². The summed E-state index contributed by atoms with van der Waals surface area (Å²) in [7, 11) is 0. The molecule has 0 bridgehead atoms. The van der Waals surface area contributed by atoms with Crippen LogP contribution in [0, 0.1) is 0 Å². The summed E-state index contributed by atoms with van der Waals surface area (Å²) >= 11 is 0. The third kappa shape index (κ3) is 4.98. The minimum atomic E-state index is -0.814. The number of hydrogen-bond donors (Lipinski definition) is 1. The van der Waals surface area contributed by atoms with Gasteiger partial charge in [0.15, 0.2) is 5.78 Å². The standard InChI is InChI=1S/C22H30N2O4/c1-2-23(15-22(27)28)19-10-12-24(13-11-19)21(26)9-8-20(25)18-7-6-16-4-3-5-17(16)14-18/h6-7,14,19H,2-5,8-13,15H2,1H3,(H,27,28). The van der Waals surface area contributed by atoms with Crippen LogP contribution in [0.3, 0.4) is 0 Å². The molecule has 0 spiro atoms. The number of carboxylic acids is 1. The van der Waals surface area contributed by atoms with Crippen molar-refractivity contribution in [2.75, 3.05) is 26.2 Å². The molecule has 3 rings (SSSR count). The van der Waals surface area contributed by atoms with Crippen molar-refractivity contribution < 1.29 is 19.5 Å². The molecular formula is C22H30N2O4. The van der Waals surface area contributed by atoms with Gasteiger partial charge in [-0.3, -0.25) is 19.3 Å². The number of rotatable bonds is 8. The zero-order chi connectivity index (χ0) is 20.1. The van der Waals surface area contributed by atoms with E-state index < -0.39 is 5.97 Å². The molecule has 1 aromatic carbocycles. The fraction of sp³-hybridized carbons (Fsp3) is 0.591. The van der Waals surface area contributed by atoms with Gasteiger partial charge in [0.2, 0.25) is 5.91 Å². The van der Waals surface area contributed by atoms with E-state index in [1.807, 2.05) is 28.9 Å². The van der Waals surface area contributed by atoms with Crippen LogP contribution in [0.15, 0.2) is 18.2 Å². The average molecular weight is 386 g/mol. The number of benzene rings is 1. The number of piperidine rings is 1. The normalized spacial score (nSPS) is 17.0. The summed E-state index contributed by atoms with van der Waals surface area (Å²) in [6.07, 6.45) is 5.35. The Bertz CT molecular complexity index is 738. The number of aliphatic carboxylic acids is 1. The van der Waals surface area contributed by atoms with E-state index in [0.717, 1.165) is 37.7 Å². The lowest BCUT2D eigenvalue weighted by molar-refractivity contribution is -0.140. The summed E-state index contributed by atoms with van der Waals surface area (Å²) in [6.45, 7) is 3.97. The second kappa shape index (κ2) is 9.32. The Labute approximate surface area is 166 Å². The first kappa shape index (κ1) is 20.5. The van der Waals surface area contributed by atoms with Gasteiger partial charge < -0.3 is 10.0 Å². The molecule has 0 atom stereocenters. The van der Waals surface area contributed by atoms with Crippen molar-refractivity contribution in [2.45, 2.75) is 57.9 Å². The van der Waals surface area contributed by atoms with E-state index in [9.17, 15) is 14.4 Å². The van der Waals surface area contributed by atoms with Crippen LogP contribution in [0.4, 0.5) is 0 Å². The van der Waals surface area contributed by atoms with Crippen molar-refractivity contribution in [3.8, 4) is 0 Å². The minimum absolute atomic E-state index is 0.0224. The highest BCUT2D eigenvalue weighted by Gasteiger charge is 2.27. The molecule has 1 fully saturated rings. The van der Waals surface area contributed by atoms with Gasteiger partial charge in [-0.15, -0.1) is 0 Å². The summed E-state index contributed by atoms with van der Waals surface area (Å²) in [6, 6.07) is 6.16. The molecule has 0 unspecified atom stereocenters. The number of fused-ring (bicyclic) bond motifs is 1. The van der Waals surface area contributed by atoms with Crippen molar-refractivity contribution in [2.24, 2.45) is 0 Å². The molecule has 1 aliphatic heterocycles. The molecular weight excluding hydrogens is 356 g/mol. The molecule has 1 aliphatic carbocycles. The van der Waals surface area contributed by atoms with Crippen LogP contribution in [0.1, 0.15) is 60.5 Å². The number of aryl methyl sites for hydroxylation is 2. The Balaban J connectivity index is 1.45. The predicted molar refractivity (Wildman–Crippen MR) is 107 cm³/mol. The zero-order valence-corrected chi connectivity index (χ0v) is 16.7. The number of ketones is 1. The fourth-order valence-electron chi connectivity index (χ4n) is 4.42. The van der Waals surface area contributed by atoms with Crippen molar-refractivity contribution in [3.05, 3.63) is 34.9 Å². The number of carbonyl (C=O) groups excluding carboxylic acids is 2. The lowest BCUT2D eigenvalue weighted by Crippen LogP contribution is -2.48. The second-order valence-electron chi connectivity index (χ2n) is 7.83. The number of hydrogen-bond acceptors (Lipinski definition) is 4. The van der Waals surface area contributed by atoms with Crippen molar-refractivity contribution >= 4 is 17.7 Å². The number of likely N-dealkylation sites (N-methyl/N-ethyl adjacent to an activating group) is 1. The van der Waals surface area contributed by atoms with Crippen LogP contribution < -0.4 is 0 Å². The van der Waals surface area contributed by atoms with Crippen LogP contribution in [0.25, 0.3) is 0 Å². The van der Waals surface area contributed by atoms with E-state index in [1.54, 1.807) is 0 Å². The van der Waals surface area contributed by atoms with Crippen LogP contribution in [0.2, 0.25) is 0 Å². The quantitative estimate of drug-likeness (QED) is 0.695. The molecule has 1 aromatic rings. The Morgan fingerprint density at radius 3 is 2.50 bits per heavy atom. The summed E-state index contributed by atoms with van der Waals surface area (Å²) in [5.41, 5.74) is 3.35. The van der Waals surface area contributed by atoms with E-state index in [0.29, 0.717) is 19.6 Å². The number of carboxylic acid groups (broad SMARTS) is 1. The highest BCUT2D eigenvalue weighted by atomic mass is 16.4. The van der Waals surface area contributed by atoms with Crippen molar-refractivity contribution in [1.82, 2.24) is 9.80 Å². The molecule has 1 heterocycles. The number of likely N-dealkylation sites (tertiary alicyclic amines) is 1. The molecule has 0 radical (unpaired) electrons. The van der Waals surface area contributed by atoms with Crippen molar-refractivity contribution in [1.29, 1.82) is 0 Å². The Kier molecular flexibility index (Phi) is 6.83. The van der Waals surface area contributed by atoms with Gasteiger partial charge in [-0.25, -0.2) is 0 Å². The third-order valence-electron chi connectivity index (χ3n) is 6.06.